The molecular formula is C25H36N8O6S2. The second-order valence-corrected chi connectivity index (χ2v) is 10.3. The van der Waals surface area contributed by atoms with E-state index in [0.717, 1.165) is 35.3 Å². The summed E-state index contributed by atoms with van der Waals surface area (Å²) in [4.78, 5) is 29.6. The summed E-state index contributed by atoms with van der Waals surface area (Å²) in [6, 6.07) is 7.33. The van der Waals surface area contributed by atoms with Gasteiger partial charge in [0.15, 0.2) is 11.6 Å². The number of hydrogen-bond acceptors (Lipinski definition) is 14. The SMILES string of the molecule is COc1cccnc1CSCCNC(=C[N+](=O)[O-])NCCCNC(=C[N+](=O)[O-])NCCSCc1ncccc1OC. The molecule has 2 rings (SSSR count). The van der Waals surface area contributed by atoms with Gasteiger partial charge in [0.1, 0.15) is 11.5 Å². The van der Waals surface area contributed by atoms with Crippen LogP contribution in [0.1, 0.15) is 17.8 Å². The third kappa shape index (κ3) is 14.3. The van der Waals surface area contributed by atoms with Gasteiger partial charge in [-0.1, -0.05) is 0 Å². The molecule has 0 aliphatic heterocycles. The van der Waals surface area contributed by atoms with Crippen molar-refractivity contribution in [1.29, 1.82) is 0 Å². The second kappa shape index (κ2) is 20.0. The van der Waals surface area contributed by atoms with Gasteiger partial charge in [-0.05, 0) is 30.7 Å². The van der Waals surface area contributed by atoms with Crippen LogP contribution in [0.5, 0.6) is 11.5 Å². The van der Waals surface area contributed by atoms with Crippen LogP contribution in [-0.2, 0) is 11.5 Å². The molecule has 0 atom stereocenters. The Kier molecular flexibility index (Phi) is 16.3. The Morgan fingerprint density at radius 2 is 1.20 bits per heavy atom. The minimum Gasteiger partial charge on any atom is -0.495 e. The van der Waals surface area contributed by atoms with Crippen LogP contribution in [0.15, 0.2) is 60.7 Å². The first-order valence-electron chi connectivity index (χ1n) is 12.7. The molecule has 0 fully saturated rings. The Bertz CT molecular complexity index is 1070. The van der Waals surface area contributed by atoms with Gasteiger partial charge in [0.2, 0.25) is 0 Å². The summed E-state index contributed by atoms with van der Waals surface area (Å²) in [5, 5.41) is 34.1. The molecule has 0 spiro atoms. The number of methoxy groups -OCH3 is 2. The first kappa shape index (κ1) is 33.3. The molecule has 2 heterocycles. The standard InChI is InChI=1S/C25H36N8O6S2/c1-38-22-6-3-8-26-20(22)18-40-14-12-30-24(16-32(34)35)28-10-5-11-29-25(17-33(36)37)31-13-15-41-19-21-23(39-2)7-4-9-27-21/h3-4,6-9,16-17,28-31H,5,10-15,18-19H2,1-2H3. The van der Waals surface area contributed by atoms with Crippen molar-refractivity contribution in [3.05, 3.63) is 92.3 Å². The minimum absolute atomic E-state index is 0.298. The van der Waals surface area contributed by atoms with E-state index >= 15 is 0 Å². The van der Waals surface area contributed by atoms with Crippen LogP contribution in [-0.4, -0.2) is 71.7 Å². The maximum Gasteiger partial charge on any atom is 0.274 e. The van der Waals surface area contributed by atoms with Crippen molar-refractivity contribution in [1.82, 2.24) is 31.2 Å². The fourth-order valence-corrected chi connectivity index (χ4v) is 4.94. The number of nitrogens with zero attached hydrogens (tertiary/aromatic N) is 4. The van der Waals surface area contributed by atoms with E-state index in [9.17, 15) is 20.2 Å². The largest absolute Gasteiger partial charge is 0.495 e. The van der Waals surface area contributed by atoms with Gasteiger partial charge < -0.3 is 30.7 Å². The van der Waals surface area contributed by atoms with Gasteiger partial charge in [-0.15, -0.1) is 0 Å². The van der Waals surface area contributed by atoms with E-state index in [0.29, 0.717) is 67.3 Å². The number of ether oxygens (including phenoxy) is 2. The highest BCUT2D eigenvalue weighted by Gasteiger charge is 2.07. The third-order valence-electron chi connectivity index (χ3n) is 5.19. The molecule has 16 heteroatoms. The Balaban J connectivity index is 1.66. The summed E-state index contributed by atoms with van der Waals surface area (Å²) in [5.74, 6) is 4.76. The molecule has 4 N–H and O–H groups in total. The summed E-state index contributed by atoms with van der Waals surface area (Å²) in [6.07, 6.45) is 5.76. The smallest absolute Gasteiger partial charge is 0.274 e. The van der Waals surface area contributed by atoms with Crippen LogP contribution in [0.4, 0.5) is 0 Å². The number of nitro groups is 2. The topological polar surface area (TPSA) is 179 Å². The fraction of sp³-hybridized carbons (Fsp3) is 0.440. The summed E-state index contributed by atoms with van der Waals surface area (Å²) in [5.41, 5.74) is 1.69. The predicted molar refractivity (Wildman–Crippen MR) is 161 cm³/mol. The molecule has 0 radical (unpaired) electrons. The van der Waals surface area contributed by atoms with Crippen molar-refractivity contribution in [3.63, 3.8) is 0 Å². The van der Waals surface area contributed by atoms with Crippen molar-refractivity contribution >= 4 is 23.5 Å². The maximum atomic E-state index is 11.0. The van der Waals surface area contributed by atoms with Crippen molar-refractivity contribution in [3.8, 4) is 11.5 Å². The molecule has 0 saturated carbocycles. The number of nitrogens with one attached hydrogen (secondary N) is 4. The van der Waals surface area contributed by atoms with Crippen LogP contribution < -0.4 is 30.7 Å². The number of aromatic nitrogens is 2. The number of pyridine rings is 2. The van der Waals surface area contributed by atoms with Crippen LogP contribution in [0.2, 0.25) is 0 Å². The third-order valence-corrected chi connectivity index (χ3v) is 7.13. The van der Waals surface area contributed by atoms with Gasteiger partial charge in [0, 0.05) is 61.6 Å². The Labute approximate surface area is 247 Å². The highest BCUT2D eigenvalue weighted by atomic mass is 32.2. The van der Waals surface area contributed by atoms with E-state index in [-0.39, 0.29) is 0 Å². The number of hydrogen-bond donors (Lipinski definition) is 4. The molecule has 0 bridgehead atoms. The highest BCUT2D eigenvalue weighted by molar-refractivity contribution is 7.98. The predicted octanol–water partition coefficient (Wildman–Crippen LogP) is 2.56. The van der Waals surface area contributed by atoms with Crippen molar-refractivity contribution < 1.29 is 19.3 Å². The summed E-state index contributed by atoms with van der Waals surface area (Å²) >= 11 is 3.26. The summed E-state index contributed by atoms with van der Waals surface area (Å²) < 4.78 is 10.6. The number of rotatable bonds is 22. The van der Waals surface area contributed by atoms with E-state index < -0.39 is 9.85 Å². The van der Waals surface area contributed by atoms with Crippen LogP contribution in [0.3, 0.4) is 0 Å². The van der Waals surface area contributed by atoms with Gasteiger partial charge >= 0.3 is 0 Å². The average molecular weight is 609 g/mol. The Morgan fingerprint density at radius 3 is 1.59 bits per heavy atom. The zero-order valence-electron chi connectivity index (χ0n) is 23.0. The average Bonchev–Trinajstić information content (AvgIpc) is 2.96. The lowest BCUT2D eigenvalue weighted by Gasteiger charge is -2.13. The van der Waals surface area contributed by atoms with Crippen molar-refractivity contribution in [2.24, 2.45) is 0 Å². The van der Waals surface area contributed by atoms with Gasteiger partial charge in [-0.2, -0.15) is 23.5 Å². The number of thioether (sulfide) groups is 2. The molecule has 41 heavy (non-hydrogen) atoms. The van der Waals surface area contributed by atoms with E-state index in [1.165, 1.54) is 0 Å². The van der Waals surface area contributed by atoms with Crippen LogP contribution >= 0.6 is 23.5 Å². The molecule has 2 aromatic rings. The zero-order chi connectivity index (χ0) is 29.7. The zero-order valence-corrected chi connectivity index (χ0v) is 24.7. The Hall–Kier alpha value is -3.92. The lowest BCUT2D eigenvalue weighted by Crippen LogP contribution is -2.33. The van der Waals surface area contributed by atoms with Crippen LogP contribution in [0.25, 0.3) is 0 Å². The van der Waals surface area contributed by atoms with Gasteiger partial charge in [-0.25, -0.2) is 0 Å². The molecule has 0 aromatic carbocycles. The molecule has 0 unspecified atom stereocenters. The first-order valence-corrected chi connectivity index (χ1v) is 15.0. The monoisotopic (exact) mass is 608 g/mol. The normalized spacial score (nSPS) is 11.5. The maximum absolute atomic E-state index is 11.0. The molecule has 0 amide bonds. The lowest BCUT2D eigenvalue weighted by molar-refractivity contribution is -0.404. The fourth-order valence-electron chi connectivity index (χ4n) is 3.34. The highest BCUT2D eigenvalue weighted by Crippen LogP contribution is 2.21. The van der Waals surface area contributed by atoms with E-state index in [2.05, 4.69) is 31.2 Å². The summed E-state index contributed by atoms with van der Waals surface area (Å²) in [6.45, 7) is 1.86. The summed E-state index contributed by atoms with van der Waals surface area (Å²) in [7, 11) is 3.20. The van der Waals surface area contributed by atoms with Gasteiger partial charge in [-0.3, -0.25) is 30.2 Å². The van der Waals surface area contributed by atoms with Gasteiger partial charge in [0.25, 0.3) is 12.4 Å². The molecule has 0 aliphatic carbocycles. The Morgan fingerprint density at radius 1 is 0.780 bits per heavy atom. The molecule has 224 valence electrons. The van der Waals surface area contributed by atoms with Crippen LogP contribution in [0, 0.1) is 20.2 Å². The van der Waals surface area contributed by atoms with Crippen molar-refractivity contribution in [2.75, 3.05) is 51.9 Å². The first-order chi connectivity index (χ1) is 19.9. The molecular weight excluding hydrogens is 572 g/mol. The van der Waals surface area contributed by atoms with E-state index in [4.69, 9.17) is 9.47 Å². The van der Waals surface area contributed by atoms with Crippen molar-refractivity contribution in [2.45, 2.75) is 17.9 Å². The minimum atomic E-state index is -0.525. The van der Waals surface area contributed by atoms with E-state index in [1.807, 2.05) is 24.3 Å². The second-order valence-electron chi connectivity index (χ2n) is 8.13. The van der Waals surface area contributed by atoms with E-state index in [1.54, 1.807) is 50.1 Å². The molecule has 2 aromatic heterocycles. The van der Waals surface area contributed by atoms with Gasteiger partial charge in [0.05, 0.1) is 35.5 Å². The molecule has 0 aliphatic rings. The molecule has 0 saturated heterocycles. The quantitative estimate of drug-likeness (QED) is 0.0870. The lowest BCUT2D eigenvalue weighted by atomic mass is 10.3. The molecule has 14 nitrogen and oxygen atoms in total.